The zero-order valence-electron chi connectivity index (χ0n) is 21.0. The summed E-state index contributed by atoms with van der Waals surface area (Å²) in [5.41, 5.74) is -2.21. The Labute approximate surface area is 234 Å². The summed E-state index contributed by atoms with van der Waals surface area (Å²) in [6.07, 6.45) is -3.16. The van der Waals surface area contributed by atoms with E-state index in [1.165, 1.54) is 18.2 Å². The van der Waals surface area contributed by atoms with Crippen molar-refractivity contribution in [3.05, 3.63) is 88.1 Å². The molecule has 0 unspecified atom stereocenters. The Morgan fingerprint density at radius 3 is 2.44 bits per heavy atom. The average Bonchev–Trinajstić information content (AvgIpc) is 2.95. The molecule has 0 spiro atoms. The molecule has 2 amide bonds. The molecule has 0 atom stereocenters. The van der Waals surface area contributed by atoms with Crippen LogP contribution in [0.25, 0.3) is 11.0 Å². The van der Waals surface area contributed by atoms with Gasteiger partial charge in [0.15, 0.2) is 11.6 Å². The summed E-state index contributed by atoms with van der Waals surface area (Å²) in [5, 5.41) is 6.87. The van der Waals surface area contributed by atoms with E-state index in [0.717, 1.165) is 37.4 Å². The summed E-state index contributed by atoms with van der Waals surface area (Å²) in [6, 6.07) is 7.44. The first kappa shape index (κ1) is 28.2. The first-order valence-electron chi connectivity index (χ1n) is 12.2. The monoisotopic (exact) mass is 590 g/mol. The Balaban J connectivity index is 1.38. The fourth-order valence-electron chi connectivity index (χ4n) is 4.30. The van der Waals surface area contributed by atoms with Gasteiger partial charge in [-0.1, -0.05) is 11.6 Å². The van der Waals surface area contributed by atoms with Crippen molar-refractivity contribution in [3.63, 3.8) is 0 Å². The molecule has 0 bridgehead atoms. The molecule has 1 aliphatic heterocycles. The van der Waals surface area contributed by atoms with Gasteiger partial charge in [-0.25, -0.2) is 18.6 Å². The molecule has 1 saturated heterocycles. The fraction of sp³-hybridized carbons (Fsp3) is 0.185. The SMILES string of the molecule is O=C(Nc1ccc(Cl)c(C(F)(F)F)c1)Nc1ccc(F)c(C(=O)c2ccc3ncc(N4CCNCC4)nc3c2)c1F. The number of carbonyl (C=O) groups is 2. The lowest BCUT2D eigenvalue weighted by molar-refractivity contribution is -0.137. The number of rotatable bonds is 5. The van der Waals surface area contributed by atoms with Crippen molar-refractivity contribution in [1.82, 2.24) is 15.3 Å². The van der Waals surface area contributed by atoms with Gasteiger partial charge in [-0.2, -0.15) is 13.2 Å². The predicted molar refractivity (Wildman–Crippen MR) is 144 cm³/mol. The third-order valence-corrected chi connectivity index (χ3v) is 6.66. The molecule has 0 aliphatic carbocycles. The van der Waals surface area contributed by atoms with E-state index in [-0.39, 0.29) is 11.3 Å². The lowest BCUT2D eigenvalue weighted by atomic mass is 10.0. The van der Waals surface area contributed by atoms with Gasteiger partial charge in [-0.3, -0.25) is 9.78 Å². The van der Waals surface area contributed by atoms with Gasteiger partial charge in [0.2, 0.25) is 0 Å². The lowest BCUT2D eigenvalue weighted by Crippen LogP contribution is -2.43. The number of carbonyl (C=O) groups excluding carboxylic acids is 2. The minimum absolute atomic E-state index is 0.0653. The van der Waals surface area contributed by atoms with Gasteiger partial charge in [0.05, 0.1) is 39.1 Å². The third kappa shape index (κ3) is 6.05. The predicted octanol–water partition coefficient (Wildman–Crippen LogP) is 5.86. The number of anilines is 3. The highest BCUT2D eigenvalue weighted by atomic mass is 35.5. The number of halogens is 6. The standard InChI is InChI=1S/C27H20ClF5N6O2/c28-17-3-2-15(12-16(17)27(31,32)33)36-26(41)38-20-6-4-18(29)23(24(20)30)25(40)14-1-5-19-21(11-14)37-22(13-35-19)39-9-7-34-8-10-39/h1-6,11-13,34H,7-10H2,(H2,36,38,41). The van der Waals surface area contributed by atoms with Gasteiger partial charge in [0, 0.05) is 37.4 Å². The van der Waals surface area contributed by atoms with Crippen LogP contribution in [-0.4, -0.2) is 48.0 Å². The number of alkyl halides is 3. The van der Waals surface area contributed by atoms with Gasteiger partial charge in [0.25, 0.3) is 0 Å². The molecular weight excluding hydrogens is 571 g/mol. The smallest absolute Gasteiger partial charge is 0.353 e. The van der Waals surface area contributed by atoms with Crippen molar-refractivity contribution < 1.29 is 31.5 Å². The van der Waals surface area contributed by atoms with E-state index in [1.807, 2.05) is 4.90 Å². The Morgan fingerprint density at radius 2 is 1.71 bits per heavy atom. The van der Waals surface area contributed by atoms with E-state index >= 15 is 4.39 Å². The topological polar surface area (TPSA) is 99.2 Å². The number of ketones is 1. The highest BCUT2D eigenvalue weighted by Crippen LogP contribution is 2.36. The summed E-state index contributed by atoms with van der Waals surface area (Å²) in [4.78, 5) is 36.6. The van der Waals surface area contributed by atoms with E-state index in [0.29, 0.717) is 36.0 Å². The van der Waals surface area contributed by atoms with Crippen LogP contribution in [0.4, 0.5) is 43.9 Å². The summed E-state index contributed by atoms with van der Waals surface area (Å²) in [7, 11) is 0. The maximum atomic E-state index is 15.4. The Morgan fingerprint density at radius 1 is 0.951 bits per heavy atom. The number of hydrogen-bond donors (Lipinski definition) is 3. The summed E-state index contributed by atoms with van der Waals surface area (Å²) in [5.74, 6) is -2.95. The normalized spacial score (nSPS) is 13.8. The highest BCUT2D eigenvalue weighted by molar-refractivity contribution is 6.31. The maximum absolute atomic E-state index is 15.4. The summed E-state index contributed by atoms with van der Waals surface area (Å²) >= 11 is 5.58. The molecule has 0 radical (unpaired) electrons. The van der Waals surface area contributed by atoms with Crippen molar-refractivity contribution in [2.45, 2.75) is 6.18 Å². The zero-order valence-corrected chi connectivity index (χ0v) is 21.7. The summed E-state index contributed by atoms with van der Waals surface area (Å²) < 4.78 is 69.4. The molecule has 1 aromatic heterocycles. The van der Waals surface area contributed by atoms with Gasteiger partial charge >= 0.3 is 12.2 Å². The van der Waals surface area contributed by atoms with Crippen molar-refractivity contribution in [3.8, 4) is 0 Å². The number of piperazine rings is 1. The molecule has 3 aromatic carbocycles. The number of benzene rings is 3. The van der Waals surface area contributed by atoms with Crippen molar-refractivity contribution >= 4 is 51.6 Å². The summed E-state index contributed by atoms with van der Waals surface area (Å²) in [6.45, 7) is 2.97. The van der Waals surface area contributed by atoms with Crippen LogP contribution in [0.15, 0.2) is 54.7 Å². The number of aromatic nitrogens is 2. The van der Waals surface area contributed by atoms with Gasteiger partial charge in [-0.05, 0) is 48.5 Å². The van der Waals surface area contributed by atoms with E-state index in [2.05, 4.69) is 25.9 Å². The number of nitrogens with zero attached hydrogens (tertiary/aromatic N) is 3. The number of nitrogens with one attached hydrogen (secondary N) is 3. The number of amides is 2. The van der Waals surface area contributed by atoms with Crippen molar-refractivity contribution in [2.24, 2.45) is 0 Å². The van der Waals surface area contributed by atoms with Crippen LogP contribution >= 0.6 is 11.6 Å². The molecule has 8 nitrogen and oxygen atoms in total. The maximum Gasteiger partial charge on any atom is 0.417 e. The van der Waals surface area contributed by atoms with Crippen molar-refractivity contribution in [2.75, 3.05) is 41.7 Å². The number of fused-ring (bicyclic) bond motifs is 1. The Hall–Kier alpha value is -4.36. The molecule has 1 fully saturated rings. The van der Waals surface area contributed by atoms with Crippen LogP contribution in [0, 0.1) is 11.6 Å². The molecule has 5 rings (SSSR count). The molecule has 2 heterocycles. The first-order chi connectivity index (χ1) is 19.5. The minimum Gasteiger partial charge on any atom is -0.353 e. The van der Waals surface area contributed by atoms with Crippen LogP contribution < -0.4 is 20.9 Å². The number of urea groups is 1. The highest BCUT2D eigenvalue weighted by Gasteiger charge is 2.33. The van der Waals surface area contributed by atoms with E-state index < -0.39 is 51.5 Å². The van der Waals surface area contributed by atoms with Crippen molar-refractivity contribution in [1.29, 1.82) is 0 Å². The van der Waals surface area contributed by atoms with Gasteiger partial charge in [0.1, 0.15) is 11.6 Å². The Kier molecular flexibility index (Phi) is 7.74. The van der Waals surface area contributed by atoms with E-state index in [9.17, 15) is 27.2 Å². The second kappa shape index (κ2) is 11.3. The molecule has 41 heavy (non-hydrogen) atoms. The van der Waals surface area contributed by atoms with Crippen LogP contribution in [0.5, 0.6) is 0 Å². The van der Waals surface area contributed by atoms with Gasteiger partial charge < -0.3 is 20.9 Å². The first-order valence-corrected chi connectivity index (χ1v) is 12.6. The molecule has 212 valence electrons. The molecule has 1 aliphatic rings. The quantitative estimate of drug-likeness (QED) is 0.199. The molecule has 3 N–H and O–H groups in total. The van der Waals surface area contributed by atoms with Crippen LogP contribution in [0.1, 0.15) is 21.5 Å². The fourth-order valence-corrected chi connectivity index (χ4v) is 4.52. The minimum atomic E-state index is -4.77. The molecule has 0 saturated carbocycles. The van der Waals surface area contributed by atoms with Crippen LogP contribution in [-0.2, 0) is 6.18 Å². The lowest BCUT2D eigenvalue weighted by Gasteiger charge is -2.28. The Bertz CT molecular complexity index is 1660. The molecule has 4 aromatic rings. The second-order valence-corrected chi connectivity index (χ2v) is 9.46. The zero-order chi connectivity index (χ0) is 29.3. The molecular formula is C27H20ClF5N6O2. The third-order valence-electron chi connectivity index (χ3n) is 6.33. The second-order valence-electron chi connectivity index (χ2n) is 9.05. The largest absolute Gasteiger partial charge is 0.417 e. The van der Waals surface area contributed by atoms with E-state index in [1.54, 1.807) is 6.20 Å². The van der Waals surface area contributed by atoms with E-state index in [4.69, 9.17) is 11.6 Å². The van der Waals surface area contributed by atoms with Gasteiger partial charge in [-0.15, -0.1) is 0 Å². The molecule has 14 heteroatoms. The average molecular weight is 591 g/mol. The van der Waals surface area contributed by atoms with Crippen LogP contribution in [0.2, 0.25) is 5.02 Å². The number of hydrogen-bond acceptors (Lipinski definition) is 6. The van der Waals surface area contributed by atoms with Crippen LogP contribution in [0.3, 0.4) is 0 Å².